The van der Waals surface area contributed by atoms with Crippen LogP contribution in [-0.2, 0) is 4.79 Å². The van der Waals surface area contributed by atoms with Crippen molar-refractivity contribution in [1.82, 2.24) is 20.0 Å². The summed E-state index contributed by atoms with van der Waals surface area (Å²) in [6.07, 6.45) is 0. The molecule has 0 saturated carbocycles. The second-order valence-electron chi connectivity index (χ2n) is 4.98. The van der Waals surface area contributed by atoms with Crippen LogP contribution in [0.3, 0.4) is 0 Å². The highest BCUT2D eigenvalue weighted by Crippen LogP contribution is 2.00. The van der Waals surface area contributed by atoms with Gasteiger partial charge in [0.05, 0.1) is 6.04 Å². The minimum Gasteiger partial charge on any atom is -0.347 e. The van der Waals surface area contributed by atoms with E-state index in [1.165, 1.54) is 0 Å². The molecule has 0 bridgehead atoms. The molecule has 1 unspecified atom stereocenters. The molecular weight excluding hydrogens is 216 g/mol. The second kappa shape index (κ2) is 6.93. The van der Waals surface area contributed by atoms with E-state index in [-0.39, 0.29) is 11.9 Å². The lowest BCUT2D eigenvalue weighted by atomic mass is 10.2. The second-order valence-corrected chi connectivity index (χ2v) is 4.98. The Morgan fingerprint density at radius 3 is 2.41 bits per heavy atom. The average Bonchev–Trinajstić information content (AvgIpc) is 2.35. The van der Waals surface area contributed by atoms with Crippen LogP contribution in [0, 0.1) is 0 Å². The summed E-state index contributed by atoms with van der Waals surface area (Å²) in [5.41, 5.74) is 0. The van der Waals surface area contributed by atoms with Crippen LogP contribution in [0.1, 0.15) is 6.92 Å². The Balaban J connectivity index is 2.27. The van der Waals surface area contributed by atoms with Gasteiger partial charge in [-0.2, -0.15) is 0 Å². The molecule has 5 heteroatoms. The van der Waals surface area contributed by atoms with Crippen LogP contribution in [-0.4, -0.2) is 87.1 Å². The van der Waals surface area contributed by atoms with Gasteiger partial charge in [0.1, 0.15) is 0 Å². The number of nitrogens with one attached hydrogen (secondary N) is 1. The molecular formula is C12H26N4O. The average molecular weight is 242 g/mol. The highest BCUT2D eigenvalue weighted by molar-refractivity contribution is 5.80. The molecule has 1 saturated heterocycles. The van der Waals surface area contributed by atoms with Crippen molar-refractivity contribution >= 4 is 5.91 Å². The Hall–Kier alpha value is -0.650. The van der Waals surface area contributed by atoms with Gasteiger partial charge in [0, 0.05) is 53.4 Å². The minimum atomic E-state index is -0.0343. The number of hydrogen-bond acceptors (Lipinski definition) is 4. The molecule has 1 rings (SSSR count). The minimum absolute atomic E-state index is 0.0343. The Bertz CT molecular complexity index is 239. The first-order valence-electron chi connectivity index (χ1n) is 6.37. The van der Waals surface area contributed by atoms with E-state index in [0.29, 0.717) is 0 Å². The maximum atomic E-state index is 11.8. The van der Waals surface area contributed by atoms with E-state index in [9.17, 15) is 4.79 Å². The van der Waals surface area contributed by atoms with Crippen molar-refractivity contribution in [2.45, 2.75) is 13.0 Å². The van der Waals surface area contributed by atoms with E-state index in [4.69, 9.17) is 0 Å². The van der Waals surface area contributed by atoms with Crippen molar-refractivity contribution in [2.75, 3.05) is 60.4 Å². The topological polar surface area (TPSA) is 38.8 Å². The van der Waals surface area contributed by atoms with Crippen LogP contribution >= 0.6 is 0 Å². The highest BCUT2D eigenvalue weighted by atomic mass is 16.2. The summed E-state index contributed by atoms with van der Waals surface area (Å²) in [4.78, 5) is 18.0. The third-order valence-electron chi connectivity index (χ3n) is 3.44. The number of nitrogens with zero attached hydrogens (tertiary/aromatic N) is 3. The molecule has 17 heavy (non-hydrogen) atoms. The van der Waals surface area contributed by atoms with E-state index in [1.807, 2.05) is 28.1 Å². The van der Waals surface area contributed by atoms with Crippen molar-refractivity contribution in [1.29, 1.82) is 0 Å². The van der Waals surface area contributed by atoms with Crippen LogP contribution in [0.5, 0.6) is 0 Å². The first kappa shape index (κ1) is 14.4. The fourth-order valence-corrected chi connectivity index (χ4v) is 1.99. The summed E-state index contributed by atoms with van der Waals surface area (Å²) in [6, 6.07) is -0.0343. The Morgan fingerprint density at radius 1 is 1.29 bits per heavy atom. The lowest BCUT2D eigenvalue weighted by molar-refractivity contribution is -0.133. The van der Waals surface area contributed by atoms with E-state index < -0.39 is 0 Å². The first-order chi connectivity index (χ1) is 8.02. The fraction of sp³-hybridized carbons (Fsp3) is 0.917. The molecule has 0 radical (unpaired) electrons. The van der Waals surface area contributed by atoms with Crippen molar-refractivity contribution < 1.29 is 4.79 Å². The molecule has 100 valence electrons. The number of hydrogen-bond donors (Lipinski definition) is 1. The summed E-state index contributed by atoms with van der Waals surface area (Å²) in [5.74, 6) is 0.174. The van der Waals surface area contributed by atoms with Crippen LogP contribution < -0.4 is 5.32 Å². The molecule has 0 aromatic heterocycles. The van der Waals surface area contributed by atoms with Gasteiger partial charge in [0.2, 0.25) is 5.91 Å². The van der Waals surface area contributed by atoms with Gasteiger partial charge in [-0.05, 0) is 14.0 Å². The predicted octanol–water partition coefficient (Wildman–Crippen LogP) is -0.700. The fourth-order valence-electron chi connectivity index (χ4n) is 1.99. The third-order valence-corrected chi connectivity index (χ3v) is 3.44. The zero-order chi connectivity index (χ0) is 12.8. The molecule has 0 aromatic carbocycles. The first-order valence-corrected chi connectivity index (χ1v) is 6.37. The van der Waals surface area contributed by atoms with Crippen molar-refractivity contribution in [2.24, 2.45) is 0 Å². The van der Waals surface area contributed by atoms with Gasteiger partial charge in [0.25, 0.3) is 0 Å². The summed E-state index contributed by atoms with van der Waals surface area (Å²) in [7, 11) is 5.64. The summed E-state index contributed by atoms with van der Waals surface area (Å²) in [5, 5.41) is 3.34. The lowest BCUT2D eigenvalue weighted by Crippen LogP contribution is -2.48. The maximum Gasteiger partial charge on any atom is 0.239 e. The Morgan fingerprint density at radius 2 is 1.88 bits per heavy atom. The van der Waals surface area contributed by atoms with Gasteiger partial charge < -0.3 is 10.2 Å². The zero-order valence-corrected chi connectivity index (χ0v) is 11.6. The summed E-state index contributed by atoms with van der Waals surface area (Å²) >= 11 is 0. The van der Waals surface area contributed by atoms with Crippen LogP contribution in [0.15, 0.2) is 0 Å². The molecule has 0 spiro atoms. The van der Waals surface area contributed by atoms with Crippen molar-refractivity contribution in [3.63, 3.8) is 0 Å². The maximum absolute atomic E-state index is 11.8. The van der Waals surface area contributed by atoms with Gasteiger partial charge in [-0.15, -0.1) is 0 Å². The Kier molecular flexibility index (Phi) is 5.88. The van der Waals surface area contributed by atoms with Gasteiger partial charge in [-0.1, -0.05) is 0 Å². The van der Waals surface area contributed by atoms with Gasteiger partial charge in [0.15, 0.2) is 0 Å². The van der Waals surface area contributed by atoms with Crippen LogP contribution in [0.25, 0.3) is 0 Å². The van der Waals surface area contributed by atoms with Gasteiger partial charge in [-0.25, -0.2) is 0 Å². The van der Waals surface area contributed by atoms with E-state index in [0.717, 1.165) is 39.3 Å². The van der Waals surface area contributed by atoms with Crippen molar-refractivity contribution in [3.8, 4) is 0 Å². The zero-order valence-electron chi connectivity index (χ0n) is 11.6. The van der Waals surface area contributed by atoms with Crippen LogP contribution in [0.2, 0.25) is 0 Å². The van der Waals surface area contributed by atoms with Crippen molar-refractivity contribution in [3.05, 3.63) is 0 Å². The molecule has 1 heterocycles. The van der Waals surface area contributed by atoms with E-state index in [1.54, 1.807) is 4.90 Å². The quantitative estimate of drug-likeness (QED) is 0.692. The third kappa shape index (κ3) is 4.61. The monoisotopic (exact) mass is 242 g/mol. The Labute approximate surface area is 105 Å². The molecule has 1 aliphatic heterocycles. The highest BCUT2D eigenvalue weighted by Gasteiger charge is 2.20. The summed E-state index contributed by atoms with van der Waals surface area (Å²) < 4.78 is 0. The number of piperazine rings is 1. The number of likely N-dealkylation sites (N-methyl/N-ethyl adjacent to an activating group) is 2. The standard InChI is InChI=1S/C12H26N4O/c1-11(12(17)14(2)3)15(4)9-10-16-7-5-13-6-8-16/h11,13H,5-10H2,1-4H3. The number of carbonyl (C=O) groups excluding carboxylic acids is 1. The predicted molar refractivity (Wildman–Crippen MR) is 70.1 cm³/mol. The lowest BCUT2D eigenvalue weighted by Gasteiger charge is -2.31. The molecule has 0 aliphatic carbocycles. The van der Waals surface area contributed by atoms with Crippen LogP contribution in [0.4, 0.5) is 0 Å². The summed E-state index contributed by atoms with van der Waals surface area (Å²) in [6.45, 7) is 8.35. The molecule has 5 nitrogen and oxygen atoms in total. The molecule has 1 amide bonds. The van der Waals surface area contributed by atoms with Gasteiger partial charge >= 0.3 is 0 Å². The molecule has 1 fully saturated rings. The smallest absolute Gasteiger partial charge is 0.239 e. The molecule has 1 N–H and O–H groups in total. The number of carbonyl (C=O) groups is 1. The SMILES string of the molecule is CC(C(=O)N(C)C)N(C)CCN1CCNCC1. The van der Waals surface area contributed by atoms with Gasteiger partial charge in [-0.3, -0.25) is 14.6 Å². The van der Waals surface area contributed by atoms with E-state index in [2.05, 4.69) is 15.1 Å². The van der Waals surface area contributed by atoms with E-state index >= 15 is 0 Å². The molecule has 1 aliphatic rings. The number of rotatable bonds is 5. The molecule has 1 atom stereocenters. The normalized spacial score (nSPS) is 19.4. The number of amides is 1. The molecule has 0 aromatic rings. The largest absolute Gasteiger partial charge is 0.347 e.